The minimum absolute atomic E-state index is 0.0599. The van der Waals surface area contributed by atoms with Gasteiger partial charge in [-0.1, -0.05) is 17.7 Å². The molecule has 1 fully saturated rings. The van der Waals surface area contributed by atoms with Crippen LogP contribution in [0, 0.1) is 13.8 Å². The fourth-order valence-corrected chi connectivity index (χ4v) is 3.57. The Kier molecular flexibility index (Phi) is 5.71. The lowest BCUT2D eigenvalue weighted by atomic mass is 10.2. The summed E-state index contributed by atoms with van der Waals surface area (Å²) in [4.78, 5) is 21.4. The number of hydrogen-bond acceptors (Lipinski definition) is 5. The molecule has 1 saturated heterocycles. The summed E-state index contributed by atoms with van der Waals surface area (Å²) < 4.78 is 5.80. The van der Waals surface area contributed by atoms with E-state index in [1.165, 1.54) is 5.56 Å². The van der Waals surface area contributed by atoms with E-state index in [-0.39, 0.29) is 5.91 Å². The zero-order chi connectivity index (χ0) is 17.8. The van der Waals surface area contributed by atoms with E-state index in [0.29, 0.717) is 0 Å². The first-order valence-electron chi connectivity index (χ1n) is 8.67. The summed E-state index contributed by atoms with van der Waals surface area (Å²) in [6.07, 6.45) is -0.463. The smallest absolute Gasteiger partial charge is 0.263 e. The molecule has 1 unspecified atom stereocenters. The van der Waals surface area contributed by atoms with Gasteiger partial charge in [0.15, 0.2) is 6.10 Å². The van der Waals surface area contributed by atoms with Gasteiger partial charge in [0.05, 0.1) is 10.7 Å². The molecule has 0 bridgehead atoms. The van der Waals surface area contributed by atoms with E-state index in [1.54, 1.807) is 11.3 Å². The van der Waals surface area contributed by atoms with Crippen LogP contribution >= 0.6 is 11.3 Å². The molecule has 1 amide bonds. The molecule has 1 aliphatic rings. The van der Waals surface area contributed by atoms with Gasteiger partial charge in [-0.15, -0.1) is 11.3 Å². The third-order valence-electron chi connectivity index (χ3n) is 4.42. The molecule has 0 saturated carbocycles. The van der Waals surface area contributed by atoms with Crippen LogP contribution in [0.3, 0.4) is 0 Å². The van der Waals surface area contributed by atoms with Crippen LogP contribution in [0.2, 0.25) is 0 Å². The highest BCUT2D eigenvalue weighted by Crippen LogP contribution is 2.16. The van der Waals surface area contributed by atoms with Crippen molar-refractivity contribution in [2.75, 3.05) is 26.2 Å². The quantitative estimate of drug-likeness (QED) is 0.823. The molecule has 1 aliphatic heterocycles. The van der Waals surface area contributed by atoms with Crippen LogP contribution in [0.15, 0.2) is 29.6 Å². The standard InChI is InChI=1S/C19H25N3O2S/c1-14-4-6-18(7-5-14)24-15(2)19(23)22-10-8-21(9-11-22)12-17-13-25-16(3)20-17/h4-7,13,15H,8-12H2,1-3H3. The minimum Gasteiger partial charge on any atom is -0.481 e. The van der Waals surface area contributed by atoms with Crippen molar-refractivity contribution >= 4 is 17.2 Å². The Labute approximate surface area is 153 Å². The third kappa shape index (κ3) is 4.80. The Morgan fingerprint density at radius 1 is 1.20 bits per heavy atom. The number of aryl methyl sites for hydroxylation is 2. The third-order valence-corrected chi connectivity index (χ3v) is 5.24. The Morgan fingerprint density at radius 3 is 2.48 bits per heavy atom. The number of rotatable bonds is 5. The number of aromatic nitrogens is 1. The maximum absolute atomic E-state index is 12.6. The van der Waals surface area contributed by atoms with Crippen LogP contribution in [0.25, 0.3) is 0 Å². The molecule has 2 aromatic rings. The molecule has 0 spiro atoms. The second kappa shape index (κ2) is 7.97. The maximum Gasteiger partial charge on any atom is 0.263 e. The van der Waals surface area contributed by atoms with Gasteiger partial charge < -0.3 is 9.64 Å². The van der Waals surface area contributed by atoms with Gasteiger partial charge in [-0.05, 0) is 32.9 Å². The molecule has 3 rings (SSSR count). The van der Waals surface area contributed by atoms with Crippen molar-refractivity contribution in [3.63, 3.8) is 0 Å². The molecular formula is C19H25N3O2S. The largest absolute Gasteiger partial charge is 0.481 e. The number of hydrogen-bond donors (Lipinski definition) is 0. The van der Waals surface area contributed by atoms with Gasteiger partial charge >= 0.3 is 0 Å². The van der Waals surface area contributed by atoms with E-state index in [4.69, 9.17) is 4.74 Å². The van der Waals surface area contributed by atoms with E-state index in [2.05, 4.69) is 15.3 Å². The molecule has 0 radical (unpaired) electrons. The average Bonchev–Trinajstić information content (AvgIpc) is 3.02. The lowest BCUT2D eigenvalue weighted by Gasteiger charge is -2.35. The number of benzene rings is 1. The van der Waals surface area contributed by atoms with E-state index >= 15 is 0 Å². The van der Waals surface area contributed by atoms with Crippen LogP contribution in [-0.2, 0) is 11.3 Å². The van der Waals surface area contributed by atoms with Crippen molar-refractivity contribution in [1.82, 2.24) is 14.8 Å². The molecule has 1 aromatic heterocycles. The molecular weight excluding hydrogens is 334 g/mol. The highest BCUT2D eigenvalue weighted by Gasteiger charge is 2.26. The molecule has 2 heterocycles. The van der Waals surface area contributed by atoms with Crippen LogP contribution in [0.4, 0.5) is 0 Å². The van der Waals surface area contributed by atoms with Crippen molar-refractivity contribution < 1.29 is 9.53 Å². The average molecular weight is 359 g/mol. The Hall–Kier alpha value is -1.92. The number of carbonyl (C=O) groups excluding carboxylic acids is 1. The van der Waals surface area contributed by atoms with E-state index in [9.17, 15) is 4.79 Å². The summed E-state index contributed by atoms with van der Waals surface area (Å²) in [7, 11) is 0. The van der Waals surface area contributed by atoms with Gasteiger partial charge in [0, 0.05) is 38.1 Å². The van der Waals surface area contributed by atoms with Crippen LogP contribution in [0.5, 0.6) is 5.75 Å². The van der Waals surface area contributed by atoms with E-state index < -0.39 is 6.10 Å². The molecule has 25 heavy (non-hydrogen) atoms. The van der Waals surface area contributed by atoms with Crippen molar-refractivity contribution in [1.29, 1.82) is 0 Å². The number of ether oxygens (including phenoxy) is 1. The van der Waals surface area contributed by atoms with Gasteiger partial charge in [0.2, 0.25) is 0 Å². The summed E-state index contributed by atoms with van der Waals surface area (Å²) in [5.74, 6) is 0.800. The SMILES string of the molecule is Cc1ccc(OC(C)C(=O)N2CCN(Cc3csc(C)n3)CC2)cc1. The Morgan fingerprint density at radius 2 is 1.88 bits per heavy atom. The second-order valence-electron chi connectivity index (χ2n) is 6.53. The topological polar surface area (TPSA) is 45.7 Å². The number of amides is 1. The van der Waals surface area contributed by atoms with Crippen LogP contribution < -0.4 is 4.74 Å². The molecule has 0 N–H and O–H groups in total. The van der Waals surface area contributed by atoms with Gasteiger partial charge in [0.1, 0.15) is 5.75 Å². The van der Waals surface area contributed by atoms with Gasteiger partial charge in [-0.3, -0.25) is 9.69 Å². The van der Waals surface area contributed by atoms with Gasteiger partial charge in [-0.25, -0.2) is 4.98 Å². The fourth-order valence-electron chi connectivity index (χ4n) is 2.96. The highest BCUT2D eigenvalue weighted by atomic mass is 32.1. The number of nitrogens with zero attached hydrogens (tertiary/aromatic N) is 3. The molecule has 5 nitrogen and oxygen atoms in total. The van der Waals surface area contributed by atoms with E-state index in [0.717, 1.165) is 49.2 Å². The monoisotopic (exact) mass is 359 g/mol. The summed E-state index contributed by atoms with van der Waals surface area (Å²) in [6, 6.07) is 7.80. The van der Waals surface area contributed by atoms with Crippen molar-refractivity contribution in [3.05, 3.63) is 45.9 Å². The lowest BCUT2D eigenvalue weighted by molar-refractivity contribution is -0.139. The molecule has 1 aromatic carbocycles. The minimum atomic E-state index is -0.463. The first-order chi connectivity index (χ1) is 12.0. The first kappa shape index (κ1) is 17.9. The molecule has 134 valence electrons. The maximum atomic E-state index is 12.6. The first-order valence-corrected chi connectivity index (χ1v) is 9.55. The summed E-state index contributed by atoms with van der Waals surface area (Å²) in [5.41, 5.74) is 2.30. The number of thiazole rings is 1. The summed E-state index contributed by atoms with van der Waals surface area (Å²) >= 11 is 1.69. The predicted molar refractivity (Wildman–Crippen MR) is 100.0 cm³/mol. The molecule has 0 aliphatic carbocycles. The van der Waals surface area contributed by atoms with Crippen molar-refractivity contribution in [3.8, 4) is 5.75 Å². The van der Waals surface area contributed by atoms with Crippen molar-refractivity contribution in [2.24, 2.45) is 0 Å². The zero-order valence-corrected chi connectivity index (χ0v) is 15.9. The zero-order valence-electron chi connectivity index (χ0n) is 15.1. The Bertz CT molecular complexity index is 706. The van der Waals surface area contributed by atoms with Crippen LogP contribution in [0.1, 0.15) is 23.2 Å². The molecule has 1 atom stereocenters. The summed E-state index contributed by atoms with van der Waals surface area (Å²) in [6.45, 7) is 9.98. The van der Waals surface area contributed by atoms with E-state index in [1.807, 2.05) is 49.9 Å². The normalized spacial score (nSPS) is 16.7. The lowest BCUT2D eigenvalue weighted by Crippen LogP contribution is -2.51. The van der Waals surface area contributed by atoms with Gasteiger partial charge in [-0.2, -0.15) is 0 Å². The fraction of sp³-hybridized carbons (Fsp3) is 0.474. The van der Waals surface area contributed by atoms with Crippen LogP contribution in [-0.4, -0.2) is 53.0 Å². The number of piperazine rings is 1. The second-order valence-corrected chi connectivity index (χ2v) is 7.59. The van der Waals surface area contributed by atoms with Crippen molar-refractivity contribution in [2.45, 2.75) is 33.4 Å². The molecule has 6 heteroatoms. The Balaban J connectivity index is 1.48. The van der Waals surface area contributed by atoms with Gasteiger partial charge in [0.25, 0.3) is 5.91 Å². The summed E-state index contributed by atoms with van der Waals surface area (Å²) in [5, 5.41) is 3.22. The predicted octanol–water partition coefficient (Wildman–Crippen LogP) is 2.87. The highest BCUT2D eigenvalue weighted by molar-refractivity contribution is 7.09. The number of carbonyl (C=O) groups is 1.